The van der Waals surface area contributed by atoms with Crippen molar-refractivity contribution in [3.8, 4) is 11.5 Å². The highest BCUT2D eigenvalue weighted by Gasteiger charge is 2.48. The molecule has 1 atom stereocenters. The predicted molar refractivity (Wildman–Crippen MR) is 168 cm³/mol. The fourth-order valence-electron chi connectivity index (χ4n) is 6.13. The van der Waals surface area contributed by atoms with Crippen LogP contribution in [0.25, 0.3) is 5.57 Å². The first-order valence-electron chi connectivity index (χ1n) is 14.9. The third-order valence-corrected chi connectivity index (χ3v) is 8.82. The number of aromatic nitrogens is 1. The summed E-state index contributed by atoms with van der Waals surface area (Å²) in [7, 11) is 0. The number of esters is 1. The number of benzene rings is 2. The molecule has 0 amide bonds. The largest absolute Gasteiger partial charge is 0.487 e. The van der Waals surface area contributed by atoms with Crippen molar-refractivity contribution in [2.75, 3.05) is 26.2 Å². The number of rotatable bonds is 8. The summed E-state index contributed by atoms with van der Waals surface area (Å²) in [6.07, 6.45) is 5.45. The topological polar surface area (TPSA) is 81.1 Å². The Labute approximate surface area is 259 Å². The molecule has 0 aliphatic carbocycles. The van der Waals surface area contributed by atoms with E-state index in [2.05, 4.69) is 35.9 Å². The number of fused-ring (bicyclic) bond motifs is 2. The van der Waals surface area contributed by atoms with E-state index in [1.807, 2.05) is 48.5 Å². The first-order valence-corrected chi connectivity index (χ1v) is 15.3. The van der Waals surface area contributed by atoms with Gasteiger partial charge in [0.1, 0.15) is 18.1 Å². The van der Waals surface area contributed by atoms with Gasteiger partial charge in [0.25, 0.3) is 0 Å². The number of likely N-dealkylation sites (tertiary alicyclic amines) is 1. The van der Waals surface area contributed by atoms with E-state index in [9.17, 15) is 9.90 Å². The van der Waals surface area contributed by atoms with Gasteiger partial charge in [-0.25, -0.2) is 4.79 Å². The number of halogens is 1. The maximum Gasteiger partial charge on any atom is 0.349 e. The van der Waals surface area contributed by atoms with E-state index < -0.39 is 17.2 Å². The van der Waals surface area contributed by atoms with E-state index in [0.717, 1.165) is 59.8 Å². The Bertz CT molecular complexity index is 1500. The molecule has 2 aliphatic heterocycles. The van der Waals surface area contributed by atoms with E-state index in [1.165, 1.54) is 0 Å². The fraction of sp³-hybridized carbons (Fsp3) is 0.429. The molecule has 1 unspecified atom stereocenters. The third kappa shape index (κ3) is 6.44. The van der Waals surface area contributed by atoms with Crippen molar-refractivity contribution in [2.45, 2.75) is 65.3 Å². The van der Waals surface area contributed by atoms with Crippen LogP contribution in [0.15, 0.2) is 66.9 Å². The zero-order valence-electron chi connectivity index (χ0n) is 25.7. The SMILES string of the molecule is CCOC(=O)C(C)(C)Oc1ccc2c(c1)C(=CCCN1CCC(O)(c3ccc(Cl)cc3)C(C)(C)C1)c1cccnc1CO2. The summed E-state index contributed by atoms with van der Waals surface area (Å²) in [5.41, 5.74) is 2.27. The van der Waals surface area contributed by atoms with Crippen molar-refractivity contribution < 1.29 is 24.1 Å². The monoisotopic (exact) mass is 604 g/mol. The highest BCUT2D eigenvalue weighted by Crippen LogP contribution is 2.46. The van der Waals surface area contributed by atoms with Crippen LogP contribution in [0.5, 0.6) is 11.5 Å². The van der Waals surface area contributed by atoms with Gasteiger partial charge in [0.15, 0.2) is 5.60 Å². The Morgan fingerprint density at radius 1 is 1.16 bits per heavy atom. The van der Waals surface area contributed by atoms with Gasteiger partial charge < -0.3 is 24.2 Å². The van der Waals surface area contributed by atoms with Crippen LogP contribution in [0.3, 0.4) is 0 Å². The van der Waals surface area contributed by atoms with E-state index in [4.69, 9.17) is 25.8 Å². The molecule has 7 nitrogen and oxygen atoms in total. The van der Waals surface area contributed by atoms with Gasteiger partial charge in [-0.05, 0) is 81.1 Å². The summed E-state index contributed by atoms with van der Waals surface area (Å²) < 4.78 is 17.5. The lowest BCUT2D eigenvalue weighted by molar-refractivity contribution is -0.158. The zero-order valence-corrected chi connectivity index (χ0v) is 26.4. The molecule has 1 aromatic heterocycles. The first-order chi connectivity index (χ1) is 20.4. The number of ether oxygens (including phenoxy) is 3. The van der Waals surface area contributed by atoms with Crippen molar-refractivity contribution in [1.82, 2.24) is 9.88 Å². The Morgan fingerprint density at radius 2 is 1.93 bits per heavy atom. The average Bonchev–Trinajstić information content (AvgIpc) is 3.12. The Morgan fingerprint density at radius 3 is 2.65 bits per heavy atom. The van der Waals surface area contributed by atoms with Crippen LogP contribution in [0.2, 0.25) is 5.02 Å². The molecule has 1 fully saturated rings. The van der Waals surface area contributed by atoms with Crippen LogP contribution >= 0.6 is 11.6 Å². The normalized spacial score (nSPS) is 20.9. The minimum absolute atomic E-state index is 0.287. The van der Waals surface area contributed by atoms with Crippen molar-refractivity contribution in [2.24, 2.45) is 5.41 Å². The Balaban J connectivity index is 1.38. The maximum absolute atomic E-state index is 12.5. The van der Waals surface area contributed by atoms with Crippen LogP contribution in [-0.2, 0) is 21.7 Å². The zero-order chi connectivity index (χ0) is 30.8. The summed E-state index contributed by atoms with van der Waals surface area (Å²) in [6, 6.07) is 17.2. The van der Waals surface area contributed by atoms with Crippen molar-refractivity contribution >= 4 is 23.1 Å². The maximum atomic E-state index is 12.5. The first kappa shape index (κ1) is 31.0. The molecule has 8 heteroatoms. The third-order valence-electron chi connectivity index (χ3n) is 8.57. The molecular formula is C35H41ClN2O5. The number of hydrogen-bond acceptors (Lipinski definition) is 7. The summed E-state index contributed by atoms with van der Waals surface area (Å²) in [4.78, 5) is 19.5. The average molecular weight is 605 g/mol. The highest BCUT2D eigenvalue weighted by atomic mass is 35.5. The summed E-state index contributed by atoms with van der Waals surface area (Å²) >= 11 is 6.11. The van der Waals surface area contributed by atoms with Crippen molar-refractivity contribution in [3.05, 3.63) is 94.3 Å². The molecule has 43 heavy (non-hydrogen) atoms. The number of carbonyl (C=O) groups is 1. The summed E-state index contributed by atoms with van der Waals surface area (Å²) in [6.45, 7) is 12.5. The van der Waals surface area contributed by atoms with Gasteiger partial charge in [0, 0.05) is 47.4 Å². The summed E-state index contributed by atoms with van der Waals surface area (Å²) in [5, 5.41) is 12.5. The molecule has 0 bridgehead atoms. The van der Waals surface area contributed by atoms with Crippen LogP contribution in [0, 0.1) is 5.41 Å². The summed E-state index contributed by atoms with van der Waals surface area (Å²) in [5.74, 6) is 0.870. The predicted octanol–water partition coefficient (Wildman–Crippen LogP) is 6.79. The molecule has 5 rings (SSSR count). The van der Waals surface area contributed by atoms with Gasteiger partial charge in [-0.1, -0.05) is 49.7 Å². The lowest BCUT2D eigenvalue weighted by Gasteiger charge is -2.50. The van der Waals surface area contributed by atoms with Crippen LogP contribution in [-0.4, -0.2) is 52.8 Å². The minimum atomic E-state index is -1.14. The smallest absolute Gasteiger partial charge is 0.349 e. The van der Waals surface area contributed by atoms with Crippen LogP contribution in [0.4, 0.5) is 0 Å². The molecule has 1 saturated heterocycles. The molecule has 2 aliphatic rings. The molecule has 3 heterocycles. The van der Waals surface area contributed by atoms with Gasteiger partial charge in [-0.15, -0.1) is 0 Å². The standard InChI is InChI=1S/C35H41ClN2O5/c1-6-41-32(39)34(4,5)43-26-15-16-31-29(21-26)27(28-9-7-18-37-30(28)22-42-31)10-8-19-38-20-17-35(40,33(2,3)23-38)24-11-13-25(36)14-12-24/h7,9-16,18,21,40H,6,8,17,19-20,22-23H2,1-5H3. The van der Waals surface area contributed by atoms with E-state index in [1.54, 1.807) is 27.0 Å². The van der Waals surface area contributed by atoms with E-state index >= 15 is 0 Å². The van der Waals surface area contributed by atoms with Gasteiger partial charge in [-0.2, -0.15) is 0 Å². The molecular weight excluding hydrogens is 564 g/mol. The highest BCUT2D eigenvalue weighted by molar-refractivity contribution is 6.30. The molecule has 0 spiro atoms. The number of hydrogen-bond donors (Lipinski definition) is 1. The van der Waals surface area contributed by atoms with E-state index in [0.29, 0.717) is 23.8 Å². The van der Waals surface area contributed by atoms with E-state index in [-0.39, 0.29) is 12.0 Å². The van der Waals surface area contributed by atoms with Crippen molar-refractivity contribution in [1.29, 1.82) is 0 Å². The molecule has 228 valence electrons. The second kappa shape index (κ2) is 12.3. The minimum Gasteiger partial charge on any atom is -0.487 e. The second-order valence-corrected chi connectivity index (χ2v) is 12.9. The number of pyridine rings is 1. The van der Waals surface area contributed by atoms with Gasteiger partial charge in [0.05, 0.1) is 17.9 Å². The van der Waals surface area contributed by atoms with Crippen molar-refractivity contribution in [3.63, 3.8) is 0 Å². The fourth-order valence-corrected chi connectivity index (χ4v) is 6.26. The molecule has 0 saturated carbocycles. The van der Waals surface area contributed by atoms with Crippen LogP contribution in [0.1, 0.15) is 69.8 Å². The lowest BCUT2D eigenvalue weighted by Crippen LogP contribution is -2.55. The van der Waals surface area contributed by atoms with Gasteiger partial charge in [-0.3, -0.25) is 4.98 Å². The molecule has 0 radical (unpaired) electrons. The quantitative estimate of drug-likeness (QED) is 0.284. The molecule has 3 aromatic rings. The molecule has 1 N–H and O–H groups in total. The second-order valence-electron chi connectivity index (χ2n) is 12.5. The molecule has 2 aromatic carbocycles. The van der Waals surface area contributed by atoms with Gasteiger partial charge >= 0.3 is 5.97 Å². The van der Waals surface area contributed by atoms with Gasteiger partial charge in [0.2, 0.25) is 0 Å². The Hall–Kier alpha value is -3.39. The Kier molecular flexibility index (Phi) is 8.89. The number of piperidine rings is 1. The number of nitrogens with zero attached hydrogens (tertiary/aromatic N) is 2. The van der Waals surface area contributed by atoms with Crippen LogP contribution < -0.4 is 9.47 Å². The number of aliphatic hydroxyl groups is 1. The lowest BCUT2D eigenvalue weighted by atomic mass is 9.66. The number of carbonyl (C=O) groups excluding carboxylic acids is 1.